The van der Waals surface area contributed by atoms with E-state index < -0.39 is 0 Å². The number of hydrogen-bond donors (Lipinski definition) is 2. The fraction of sp³-hybridized carbons (Fsp3) is 0.357. The lowest BCUT2D eigenvalue weighted by Gasteiger charge is -2.11. The summed E-state index contributed by atoms with van der Waals surface area (Å²) in [4.78, 5) is 23.2. The van der Waals surface area contributed by atoms with Gasteiger partial charge in [0.25, 0.3) is 5.91 Å². The number of carbonyl (C=O) groups is 1. The van der Waals surface area contributed by atoms with Crippen molar-refractivity contribution in [2.24, 2.45) is 0 Å². The normalized spacial score (nSPS) is 14.4. The zero-order chi connectivity index (χ0) is 14.7. The number of nitrogens with one attached hydrogen (secondary N) is 1. The van der Waals surface area contributed by atoms with E-state index in [1.807, 2.05) is 12.1 Å². The van der Waals surface area contributed by atoms with E-state index in [4.69, 9.17) is 5.73 Å². The zero-order valence-corrected chi connectivity index (χ0v) is 12.4. The Bertz CT molecular complexity index is 622. The van der Waals surface area contributed by atoms with Gasteiger partial charge in [0.1, 0.15) is 10.7 Å². The molecule has 3 heterocycles. The Hall–Kier alpha value is -2.15. The fourth-order valence-electron chi connectivity index (χ4n) is 2.29. The highest BCUT2D eigenvalue weighted by molar-refractivity contribution is 7.18. The number of anilines is 2. The van der Waals surface area contributed by atoms with Crippen molar-refractivity contribution >= 4 is 28.2 Å². The summed E-state index contributed by atoms with van der Waals surface area (Å²) in [5.41, 5.74) is 6.88. The van der Waals surface area contributed by atoms with Gasteiger partial charge in [-0.25, -0.2) is 4.98 Å². The second-order valence-corrected chi connectivity index (χ2v) is 5.92. The summed E-state index contributed by atoms with van der Waals surface area (Å²) in [6.45, 7) is 2.44. The van der Waals surface area contributed by atoms with Gasteiger partial charge in [-0.2, -0.15) is 0 Å². The van der Waals surface area contributed by atoms with Crippen LogP contribution >= 0.6 is 11.3 Å². The first-order valence-electron chi connectivity index (χ1n) is 6.92. The van der Waals surface area contributed by atoms with Crippen molar-refractivity contribution < 1.29 is 4.79 Å². The van der Waals surface area contributed by atoms with Crippen molar-refractivity contribution in [1.29, 1.82) is 0 Å². The number of nitrogens with zero attached hydrogens (tertiary/aromatic N) is 3. The SMILES string of the molecule is Nc1nc(N2CCCC2)sc1C(=O)NCc1ccncc1. The summed E-state index contributed by atoms with van der Waals surface area (Å²) in [5, 5.41) is 3.71. The summed E-state index contributed by atoms with van der Waals surface area (Å²) < 4.78 is 0. The second kappa shape index (κ2) is 6.09. The van der Waals surface area contributed by atoms with Crippen LogP contribution in [0, 0.1) is 0 Å². The fourth-order valence-corrected chi connectivity index (χ4v) is 3.24. The van der Waals surface area contributed by atoms with Gasteiger partial charge in [-0.1, -0.05) is 11.3 Å². The average Bonchev–Trinajstić information content (AvgIpc) is 3.15. The van der Waals surface area contributed by atoms with Gasteiger partial charge in [0, 0.05) is 32.0 Å². The van der Waals surface area contributed by atoms with Gasteiger partial charge in [-0.15, -0.1) is 0 Å². The number of carbonyl (C=O) groups excluding carboxylic acids is 1. The smallest absolute Gasteiger partial charge is 0.265 e. The Labute approximate surface area is 127 Å². The minimum Gasteiger partial charge on any atom is -0.382 e. The summed E-state index contributed by atoms with van der Waals surface area (Å²) >= 11 is 1.37. The Morgan fingerprint density at radius 3 is 2.76 bits per heavy atom. The maximum atomic E-state index is 12.2. The lowest BCUT2D eigenvalue weighted by molar-refractivity contribution is 0.0955. The molecule has 3 rings (SSSR count). The van der Waals surface area contributed by atoms with Crippen molar-refractivity contribution in [1.82, 2.24) is 15.3 Å². The molecule has 0 bridgehead atoms. The molecule has 0 aromatic carbocycles. The third-order valence-corrected chi connectivity index (χ3v) is 4.56. The van der Waals surface area contributed by atoms with Crippen LogP contribution in [0.25, 0.3) is 0 Å². The van der Waals surface area contributed by atoms with Gasteiger partial charge < -0.3 is 16.0 Å². The van der Waals surface area contributed by atoms with Crippen LogP contribution in [0.5, 0.6) is 0 Å². The zero-order valence-electron chi connectivity index (χ0n) is 11.6. The molecule has 0 atom stereocenters. The standard InChI is InChI=1S/C14H17N5OS/c15-12-11(21-14(18-12)19-7-1-2-8-19)13(20)17-9-10-3-5-16-6-4-10/h3-6H,1-2,7-9,15H2,(H,17,20). The molecular formula is C14H17N5OS. The maximum Gasteiger partial charge on any atom is 0.265 e. The minimum absolute atomic E-state index is 0.174. The Balaban J connectivity index is 1.67. The second-order valence-electron chi connectivity index (χ2n) is 4.94. The Morgan fingerprint density at radius 1 is 1.33 bits per heavy atom. The van der Waals surface area contributed by atoms with Crippen LogP contribution in [-0.2, 0) is 6.54 Å². The van der Waals surface area contributed by atoms with Gasteiger partial charge in [0.05, 0.1) is 0 Å². The molecule has 110 valence electrons. The molecule has 0 unspecified atom stereocenters. The topological polar surface area (TPSA) is 84.1 Å². The van der Waals surface area contributed by atoms with Crippen LogP contribution in [0.3, 0.4) is 0 Å². The van der Waals surface area contributed by atoms with Crippen LogP contribution in [0.1, 0.15) is 28.1 Å². The van der Waals surface area contributed by atoms with Crippen molar-refractivity contribution in [3.05, 3.63) is 35.0 Å². The summed E-state index contributed by atoms with van der Waals surface area (Å²) in [6, 6.07) is 3.73. The van der Waals surface area contributed by atoms with Crippen molar-refractivity contribution in [2.75, 3.05) is 23.7 Å². The van der Waals surface area contributed by atoms with Crippen molar-refractivity contribution in [2.45, 2.75) is 19.4 Å². The number of nitrogens with two attached hydrogens (primary N) is 1. The summed E-state index contributed by atoms with van der Waals surface area (Å²) in [5.74, 6) is 0.140. The monoisotopic (exact) mass is 303 g/mol. The minimum atomic E-state index is -0.174. The molecule has 1 saturated heterocycles. The first-order chi connectivity index (χ1) is 10.2. The van der Waals surface area contributed by atoms with Crippen LogP contribution < -0.4 is 16.0 Å². The molecule has 2 aromatic heterocycles. The molecule has 1 amide bonds. The molecule has 3 N–H and O–H groups in total. The van der Waals surface area contributed by atoms with Gasteiger partial charge in [0.15, 0.2) is 5.13 Å². The molecular weight excluding hydrogens is 286 g/mol. The number of hydrogen-bond acceptors (Lipinski definition) is 6. The van der Waals surface area contributed by atoms with Gasteiger partial charge in [0.2, 0.25) is 0 Å². The molecule has 0 aliphatic carbocycles. The predicted octanol–water partition coefficient (Wildman–Crippen LogP) is 1.65. The number of rotatable bonds is 4. The molecule has 1 aliphatic heterocycles. The Kier molecular flexibility index (Phi) is 4.01. The van der Waals surface area contributed by atoms with Crippen LogP contribution in [0.15, 0.2) is 24.5 Å². The number of pyridine rings is 1. The van der Waals surface area contributed by atoms with E-state index >= 15 is 0 Å². The first kappa shape index (κ1) is 13.8. The summed E-state index contributed by atoms with van der Waals surface area (Å²) in [7, 11) is 0. The molecule has 0 spiro atoms. The lowest BCUT2D eigenvalue weighted by Crippen LogP contribution is -2.22. The maximum absolute atomic E-state index is 12.2. The highest BCUT2D eigenvalue weighted by atomic mass is 32.1. The van der Waals surface area contributed by atoms with Crippen LogP contribution in [0.4, 0.5) is 10.9 Å². The quantitative estimate of drug-likeness (QED) is 0.897. The first-order valence-corrected chi connectivity index (χ1v) is 7.74. The van der Waals surface area contributed by atoms with E-state index in [2.05, 4.69) is 20.2 Å². The lowest BCUT2D eigenvalue weighted by atomic mass is 10.3. The van der Waals surface area contributed by atoms with Gasteiger partial charge >= 0.3 is 0 Å². The number of aromatic nitrogens is 2. The Morgan fingerprint density at radius 2 is 2.05 bits per heavy atom. The van der Waals surface area contributed by atoms with E-state index in [9.17, 15) is 4.79 Å². The molecule has 0 saturated carbocycles. The third kappa shape index (κ3) is 3.13. The average molecular weight is 303 g/mol. The molecule has 2 aromatic rings. The number of nitrogen functional groups attached to an aromatic ring is 1. The van der Waals surface area contributed by atoms with Gasteiger partial charge in [-0.05, 0) is 30.5 Å². The molecule has 1 fully saturated rings. The van der Waals surface area contributed by atoms with Crippen LogP contribution in [0.2, 0.25) is 0 Å². The predicted molar refractivity (Wildman–Crippen MR) is 83.4 cm³/mol. The van der Waals surface area contributed by atoms with E-state index in [1.54, 1.807) is 12.4 Å². The molecule has 7 heteroatoms. The molecule has 6 nitrogen and oxygen atoms in total. The molecule has 0 radical (unpaired) electrons. The highest BCUT2D eigenvalue weighted by Gasteiger charge is 2.21. The summed E-state index contributed by atoms with van der Waals surface area (Å²) in [6.07, 6.45) is 5.74. The number of thiazole rings is 1. The van der Waals surface area contributed by atoms with E-state index in [1.165, 1.54) is 24.2 Å². The van der Waals surface area contributed by atoms with Crippen LogP contribution in [-0.4, -0.2) is 29.0 Å². The van der Waals surface area contributed by atoms with E-state index in [0.717, 1.165) is 23.8 Å². The highest BCUT2D eigenvalue weighted by Crippen LogP contribution is 2.30. The van der Waals surface area contributed by atoms with E-state index in [-0.39, 0.29) is 5.91 Å². The third-order valence-electron chi connectivity index (χ3n) is 3.43. The largest absolute Gasteiger partial charge is 0.382 e. The van der Waals surface area contributed by atoms with Crippen molar-refractivity contribution in [3.8, 4) is 0 Å². The molecule has 21 heavy (non-hydrogen) atoms. The van der Waals surface area contributed by atoms with Crippen molar-refractivity contribution in [3.63, 3.8) is 0 Å². The molecule has 1 aliphatic rings. The number of amides is 1. The van der Waals surface area contributed by atoms with Gasteiger partial charge in [-0.3, -0.25) is 9.78 Å². The van der Waals surface area contributed by atoms with E-state index in [0.29, 0.717) is 17.2 Å².